The van der Waals surface area contributed by atoms with E-state index < -0.39 is 11.9 Å². The first kappa shape index (κ1) is 24.1. The molecule has 0 unspecified atom stereocenters. The molecule has 0 atom stereocenters. The Hall–Kier alpha value is -4.22. The van der Waals surface area contributed by atoms with Crippen molar-refractivity contribution in [2.75, 3.05) is 7.11 Å². The predicted octanol–water partition coefficient (Wildman–Crippen LogP) is 5.37. The van der Waals surface area contributed by atoms with Crippen LogP contribution in [0, 0.1) is 0 Å². The van der Waals surface area contributed by atoms with Crippen LogP contribution in [0.5, 0.6) is 5.75 Å². The van der Waals surface area contributed by atoms with Crippen LogP contribution in [-0.4, -0.2) is 46.2 Å². The highest BCUT2D eigenvalue weighted by atomic mass is 19.4. The summed E-state index contributed by atoms with van der Waals surface area (Å²) >= 11 is 0. The zero-order valence-corrected chi connectivity index (χ0v) is 20.9. The van der Waals surface area contributed by atoms with Gasteiger partial charge in [0, 0.05) is 24.5 Å². The average molecular weight is 523 g/mol. The largest absolute Gasteiger partial charge is 0.493 e. The van der Waals surface area contributed by atoms with Gasteiger partial charge < -0.3 is 9.30 Å². The van der Waals surface area contributed by atoms with Gasteiger partial charge in [0.1, 0.15) is 11.5 Å². The number of ether oxygens (including phenoxy) is 1. The number of fused-ring (bicyclic) bond motifs is 1. The van der Waals surface area contributed by atoms with Crippen molar-refractivity contribution in [1.29, 1.82) is 0 Å². The number of rotatable bonds is 7. The molecule has 0 bridgehead atoms. The zero-order chi connectivity index (χ0) is 26.4. The molecule has 1 saturated carbocycles. The van der Waals surface area contributed by atoms with E-state index in [9.17, 15) is 13.2 Å². The monoisotopic (exact) mass is 522 g/mol. The van der Waals surface area contributed by atoms with Crippen LogP contribution in [0.1, 0.15) is 43.5 Å². The number of halogens is 3. The van der Waals surface area contributed by atoms with Crippen LogP contribution in [0.25, 0.3) is 33.9 Å². The van der Waals surface area contributed by atoms with Gasteiger partial charge in [0.2, 0.25) is 0 Å². The van der Waals surface area contributed by atoms with Gasteiger partial charge in [-0.15, -0.1) is 0 Å². The van der Waals surface area contributed by atoms with Crippen molar-refractivity contribution >= 4 is 11.0 Å². The minimum atomic E-state index is -4.49. The van der Waals surface area contributed by atoms with Crippen LogP contribution in [0.15, 0.2) is 49.1 Å². The number of imidazole rings is 1. The third kappa shape index (κ3) is 4.19. The fourth-order valence-corrected chi connectivity index (χ4v) is 4.67. The first-order chi connectivity index (χ1) is 18.4. The molecule has 4 aromatic heterocycles. The molecule has 196 valence electrons. The van der Waals surface area contributed by atoms with E-state index >= 15 is 0 Å². The Morgan fingerprint density at radius 3 is 2.47 bits per heavy atom. The molecule has 0 spiro atoms. The van der Waals surface area contributed by atoms with Gasteiger partial charge in [-0.1, -0.05) is 24.3 Å². The molecule has 9 nitrogen and oxygen atoms in total. The molecule has 0 amide bonds. The Morgan fingerprint density at radius 2 is 1.82 bits per heavy atom. The molecule has 1 aliphatic carbocycles. The van der Waals surface area contributed by atoms with Gasteiger partial charge in [-0.2, -0.15) is 23.4 Å². The quantitative estimate of drug-likeness (QED) is 0.285. The van der Waals surface area contributed by atoms with Gasteiger partial charge in [-0.05, 0) is 31.7 Å². The zero-order valence-electron chi connectivity index (χ0n) is 20.9. The first-order valence-corrected chi connectivity index (χ1v) is 12.4. The van der Waals surface area contributed by atoms with Crippen molar-refractivity contribution in [1.82, 2.24) is 39.1 Å². The number of hydrogen-bond donors (Lipinski definition) is 0. The maximum atomic E-state index is 13.2. The Balaban J connectivity index is 1.30. The first-order valence-electron chi connectivity index (χ1n) is 12.4. The van der Waals surface area contributed by atoms with E-state index in [-0.39, 0.29) is 5.82 Å². The van der Waals surface area contributed by atoms with Crippen molar-refractivity contribution in [2.24, 2.45) is 0 Å². The standard InChI is InChI=1S/C26H25F3N8O/c1-3-35-15-21(26(27,28)29)33-24(35)17-9-7-16(8-10-17)14-36-25-18(12-31-36)11-30-23(34-25)22-20(38-2)13-32-37(22)19-5-4-6-19/h7-13,15,19H,3-6,14H2,1-2H3. The fraction of sp³-hybridized carbons (Fsp3) is 0.346. The summed E-state index contributed by atoms with van der Waals surface area (Å²) in [5.74, 6) is 1.42. The van der Waals surface area contributed by atoms with Crippen LogP contribution < -0.4 is 4.74 Å². The van der Waals surface area contributed by atoms with E-state index in [4.69, 9.17) is 9.72 Å². The van der Waals surface area contributed by atoms with E-state index in [0.717, 1.165) is 35.7 Å². The van der Waals surface area contributed by atoms with Crippen molar-refractivity contribution in [2.45, 2.75) is 51.5 Å². The molecule has 1 aromatic carbocycles. The smallest absolute Gasteiger partial charge is 0.434 e. The molecular weight excluding hydrogens is 497 g/mol. The summed E-state index contributed by atoms with van der Waals surface area (Å²) < 4.78 is 50.3. The summed E-state index contributed by atoms with van der Waals surface area (Å²) in [4.78, 5) is 13.2. The van der Waals surface area contributed by atoms with Gasteiger partial charge in [-0.25, -0.2) is 19.6 Å². The predicted molar refractivity (Wildman–Crippen MR) is 133 cm³/mol. The molecule has 4 heterocycles. The van der Waals surface area contributed by atoms with Crippen LogP contribution >= 0.6 is 0 Å². The van der Waals surface area contributed by atoms with Crippen LogP contribution in [0.2, 0.25) is 0 Å². The molecule has 6 rings (SSSR count). The minimum Gasteiger partial charge on any atom is -0.493 e. The minimum absolute atomic E-state index is 0.283. The number of benzene rings is 1. The third-order valence-corrected chi connectivity index (χ3v) is 6.94. The van der Waals surface area contributed by atoms with Crippen LogP contribution in [0.4, 0.5) is 13.2 Å². The molecule has 38 heavy (non-hydrogen) atoms. The average Bonchev–Trinajstić information content (AvgIpc) is 3.60. The van der Waals surface area contributed by atoms with Crippen molar-refractivity contribution in [3.8, 4) is 28.7 Å². The van der Waals surface area contributed by atoms with E-state index in [1.807, 2.05) is 16.8 Å². The fourth-order valence-electron chi connectivity index (χ4n) is 4.67. The molecule has 0 N–H and O–H groups in total. The Labute approximate surface area is 215 Å². The molecule has 1 fully saturated rings. The summed E-state index contributed by atoms with van der Waals surface area (Å²) in [6, 6.07) is 7.59. The number of aryl methyl sites for hydroxylation is 1. The van der Waals surface area contributed by atoms with E-state index in [2.05, 4.69) is 20.2 Å². The topological polar surface area (TPSA) is 88.5 Å². The van der Waals surface area contributed by atoms with E-state index in [0.29, 0.717) is 41.9 Å². The normalized spacial score (nSPS) is 14.2. The Kier molecular flexibility index (Phi) is 5.88. The van der Waals surface area contributed by atoms with Gasteiger partial charge in [0.25, 0.3) is 0 Å². The van der Waals surface area contributed by atoms with Gasteiger partial charge in [0.05, 0.1) is 37.5 Å². The van der Waals surface area contributed by atoms with Gasteiger partial charge in [0.15, 0.2) is 22.9 Å². The summed E-state index contributed by atoms with van der Waals surface area (Å²) in [6.45, 7) is 2.59. The van der Waals surface area contributed by atoms with Crippen molar-refractivity contribution in [3.05, 3.63) is 60.3 Å². The molecule has 0 saturated heterocycles. The van der Waals surface area contributed by atoms with Crippen molar-refractivity contribution < 1.29 is 17.9 Å². The van der Waals surface area contributed by atoms with E-state index in [1.54, 1.807) is 49.4 Å². The molecule has 5 aromatic rings. The number of hydrogen-bond acceptors (Lipinski definition) is 6. The summed E-state index contributed by atoms with van der Waals surface area (Å²) in [5, 5.41) is 9.82. The lowest BCUT2D eigenvalue weighted by molar-refractivity contribution is -0.140. The highest BCUT2D eigenvalue weighted by Gasteiger charge is 2.35. The maximum absolute atomic E-state index is 13.2. The number of aromatic nitrogens is 8. The molecule has 0 aliphatic heterocycles. The van der Waals surface area contributed by atoms with Crippen molar-refractivity contribution in [3.63, 3.8) is 0 Å². The molecular formula is C26H25F3N8O. The SMILES string of the molecule is CCn1cc(C(F)(F)F)nc1-c1ccc(Cn2ncc3cnc(-c4c(OC)cnn4C4CCC4)nc32)cc1. The highest BCUT2D eigenvalue weighted by molar-refractivity contribution is 5.76. The highest BCUT2D eigenvalue weighted by Crippen LogP contribution is 2.38. The third-order valence-electron chi connectivity index (χ3n) is 6.94. The second-order valence-electron chi connectivity index (χ2n) is 9.30. The number of alkyl halides is 3. The second kappa shape index (κ2) is 9.26. The summed E-state index contributed by atoms with van der Waals surface area (Å²) in [7, 11) is 1.61. The number of nitrogens with zero attached hydrogens (tertiary/aromatic N) is 8. The molecule has 1 aliphatic rings. The van der Waals surface area contributed by atoms with E-state index in [1.165, 1.54) is 11.0 Å². The van der Waals surface area contributed by atoms with Gasteiger partial charge >= 0.3 is 6.18 Å². The number of methoxy groups -OCH3 is 1. The Bertz CT molecular complexity index is 1600. The molecule has 0 radical (unpaired) electrons. The lowest BCUT2D eigenvalue weighted by Gasteiger charge is -2.27. The summed E-state index contributed by atoms with van der Waals surface area (Å²) in [5.41, 5.74) is 2.05. The summed E-state index contributed by atoms with van der Waals surface area (Å²) in [6.07, 6.45) is 4.99. The Morgan fingerprint density at radius 1 is 1.03 bits per heavy atom. The molecule has 12 heteroatoms. The second-order valence-corrected chi connectivity index (χ2v) is 9.30. The lowest BCUT2D eigenvalue weighted by Crippen LogP contribution is -2.19. The lowest BCUT2D eigenvalue weighted by atomic mass is 9.93. The van der Waals surface area contributed by atoms with Crippen LogP contribution in [0.3, 0.4) is 0 Å². The van der Waals surface area contributed by atoms with Crippen LogP contribution in [-0.2, 0) is 19.3 Å². The van der Waals surface area contributed by atoms with Gasteiger partial charge in [-0.3, -0.25) is 4.68 Å². The maximum Gasteiger partial charge on any atom is 0.434 e.